The van der Waals surface area contributed by atoms with Crippen molar-refractivity contribution in [1.29, 1.82) is 0 Å². The van der Waals surface area contributed by atoms with Gasteiger partial charge in [0.25, 0.3) is 0 Å². The van der Waals surface area contributed by atoms with Crippen molar-refractivity contribution in [3.05, 3.63) is 35.4 Å². The number of carbonyl (C=O) groups is 2. The second-order valence-corrected chi connectivity index (χ2v) is 7.79. The standard InChI is InChI=1S/C21H28F2N2O3/c1-2-3-12-28-14-18(26)25-11-9-21(15-25)8-5-10-24(20(21)27)13-16-6-4-7-17(22)19(16)23/h4,6-7H,2-3,5,8-15H2,1H3. The molecule has 1 spiro atoms. The Morgan fingerprint density at radius 1 is 1.25 bits per heavy atom. The van der Waals surface area contributed by atoms with Crippen molar-refractivity contribution >= 4 is 11.8 Å². The molecule has 154 valence electrons. The van der Waals surface area contributed by atoms with Crippen LogP contribution in [0.5, 0.6) is 0 Å². The first kappa shape index (κ1) is 20.7. The van der Waals surface area contributed by atoms with Gasteiger partial charge in [-0.1, -0.05) is 25.5 Å². The van der Waals surface area contributed by atoms with Crippen molar-refractivity contribution in [2.75, 3.05) is 32.8 Å². The van der Waals surface area contributed by atoms with Gasteiger partial charge in [-0.05, 0) is 31.7 Å². The summed E-state index contributed by atoms with van der Waals surface area (Å²) in [4.78, 5) is 28.8. The third-order valence-corrected chi connectivity index (χ3v) is 5.79. The quantitative estimate of drug-likeness (QED) is 0.668. The van der Waals surface area contributed by atoms with E-state index in [4.69, 9.17) is 4.74 Å². The van der Waals surface area contributed by atoms with Gasteiger partial charge in [0.15, 0.2) is 11.6 Å². The fourth-order valence-corrected chi connectivity index (χ4v) is 4.14. The van der Waals surface area contributed by atoms with Crippen LogP contribution in [-0.4, -0.2) is 54.5 Å². The molecular formula is C21H28F2N2O3. The third-order valence-electron chi connectivity index (χ3n) is 5.79. The van der Waals surface area contributed by atoms with E-state index in [1.54, 1.807) is 9.80 Å². The van der Waals surface area contributed by atoms with E-state index >= 15 is 0 Å². The Morgan fingerprint density at radius 3 is 2.86 bits per heavy atom. The van der Waals surface area contributed by atoms with Gasteiger partial charge in [-0.25, -0.2) is 8.78 Å². The SMILES string of the molecule is CCCCOCC(=O)N1CCC2(CCCN(Cc3cccc(F)c3F)C2=O)C1. The summed E-state index contributed by atoms with van der Waals surface area (Å²) in [6, 6.07) is 4.03. The van der Waals surface area contributed by atoms with Gasteiger partial charge in [0.1, 0.15) is 6.61 Å². The zero-order chi connectivity index (χ0) is 20.1. The molecule has 2 fully saturated rings. The minimum atomic E-state index is -0.905. The van der Waals surface area contributed by atoms with E-state index in [1.165, 1.54) is 12.1 Å². The predicted molar refractivity (Wildman–Crippen MR) is 100 cm³/mol. The van der Waals surface area contributed by atoms with E-state index in [2.05, 4.69) is 6.92 Å². The first-order valence-electron chi connectivity index (χ1n) is 10.0. The summed E-state index contributed by atoms with van der Waals surface area (Å²) >= 11 is 0. The van der Waals surface area contributed by atoms with Gasteiger partial charge in [0, 0.05) is 38.3 Å². The first-order valence-corrected chi connectivity index (χ1v) is 10.0. The lowest BCUT2D eigenvalue weighted by molar-refractivity contribution is -0.147. The number of halogens is 2. The summed E-state index contributed by atoms with van der Waals surface area (Å²) in [6.07, 6.45) is 4.04. The second-order valence-electron chi connectivity index (χ2n) is 7.79. The van der Waals surface area contributed by atoms with E-state index in [-0.39, 0.29) is 30.5 Å². The summed E-state index contributed by atoms with van der Waals surface area (Å²) in [5, 5.41) is 0. The van der Waals surface area contributed by atoms with Crippen molar-refractivity contribution < 1.29 is 23.1 Å². The van der Waals surface area contributed by atoms with E-state index in [0.29, 0.717) is 39.1 Å². The maximum atomic E-state index is 14.0. The number of unbranched alkanes of at least 4 members (excludes halogenated alkanes) is 1. The van der Waals surface area contributed by atoms with Crippen LogP contribution >= 0.6 is 0 Å². The van der Waals surface area contributed by atoms with E-state index in [0.717, 1.165) is 25.3 Å². The number of benzene rings is 1. The minimum Gasteiger partial charge on any atom is -0.372 e. The highest BCUT2D eigenvalue weighted by molar-refractivity contribution is 5.86. The average molecular weight is 394 g/mol. The highest BCUT2D eigenvalue weighted by Crippen LogP contribution is 2.40. The van der Waals surface area contributed by atoms with Crippen LogP contribution in [-0.2, 0) is 20.9 Å². The lowest BCUT2D eigenvalue weighted by atomic mass is 9.78. The lowest BCUT2D eigenvalue weighted by Gasteiger charge is -2.39. The maximum absolute atomic E-state index is 14.0. The summed E-state index contributed by atoms with van der Waals surface area (Å²) in [7, 11) is 0. The Kier molecular flexibility index (Phi) is 6.65. The largest absolute Gasteiger partial charge is 0.372 e. The zero-order valence-electron chi connectivity index (χ0n) is 16.4. The fraction of sp³-hybridized carbons (Fsp3) is 0.619. The van der Waals surface area contributed by atoms with Crippen LogP contribution in [0.1, 0.15) is 44.6 Å². The van der Waals surface area contributed by atoms with Crippen molar-refractivity contribution in [3.63, 3.8) is 0 Å². The molecule has 2 heterocycles. The molecule has 28 heavy (non-hydrogen) atoms. The molecule has 0 N–H and O–H groups in total. The van der Waals surface area contributed by atoms with Crippen LogP contribution in [0.2, 0.25) is 0 Å². The van der Waals surface area contributed by atoms with Gasteiger partial charge in [0.2, 0.25) is 11.8 Å². The molecule has 2 aliphatic heterocycles. The minimum absolute atomic E-state index is 0.0441. The number of hydrogen-bond acceptors (Lipinski definition) is 3. The molecule has 5 nitrogen and oxygen atoms in total. The topological polar surface area (TPSA) is 49.9 Å². The summed E-state index contributed by atoms with van der Waals surface area (Å²) < 4.78 is 32.9. The Hall–Kier alpha value is -2.02. The Labute approximate surface area is 164 Å². The molecule has 2 amide bonds. The average Bonchev–Trinajstić information content (AvgIpc) is 3.11. The Morgan fingerprint density at radius 2 is 2.07 bits per heavy atom. The molecule has 2 aliphatic rings. The van der Waals surface area contributed by atoms with Crippen molar-refractivity contribution in [3.8, 4) is 0 Å². The van der Waals surface area contributed by atoms with Crippen LogP contribution in [0.25, 0.3) is 0 Å². The molecule has 0 radical (unpaired) electrons. The van der Waals surface area contributed by atoms with Gasteiger partial charge < -0.3 is 14.5 Å². The van der Waals surface area contributed by atoms with E-state index < -0.39 is 17.0 Å². The molecule has 0 bridgehead atoms. The van der Waals surface area contributed by atoms with Crippen molar-refractivity contribution in [2.45, 2.75) is 45.6 Å². The number of nitrogens with zero attached hydrogens (tertiary/aromatic N) is 2. The molecule has 2 saturated heterocycles. The molecule has 1 atom stereocenters. The number of carbonyl (C=O) groups excluding carboxylic acids is 2. The lowest BCUT2D eigenvalue weighted by Crippen LogP contribution is -2.50. The molecule has 3 rings (SSSR count). The van der Waals surface area contributed by atoms with Crippen LogP contribution in [0.3, 0.4) is 0 Å². The maximum Gasteiger partial charge on any atom is 0.248 e. The molecule has 0 aliphatic carbocycles. The molecule has 1 unspecified atom stereocenters. The molecule has 0 saturated carbocycles. The molecule has 0 aromatic heterocycles. The number of piperidine rings is 1. The molecule has 7 heteroatoms. The van der Waals surface area contributed by atoms with Gasteiger partial charge in [-0.2, -0.15) is 0 Å². The smallest absolute Gasteiger partial charge is 0.248 e. The van der Waals surface area contributed by atoms with Gasteiger partial charge in [-0.15, -0.1) is 0 Å². The van der Waals surface area contributed by atoms with E-state index in [1.807, 2.05) is 0 Å². The van der Waals surface area contributed by atoms with Crippen LogP contribution in [0.15, 0.2) is 18.2 Å². The molecule has 1 aromatic rings. The van der Waals surface area contributed by atoms with E-state index in [9.17, 15) is 18.4 Å². The predicted octanol–water partition coefficient (Wildman–Crippen LogP) is 3.12. The highest BCUT2D eigenvalue weighted by atomic mass is 19.2. The van der Waals surface area contributed by atoms with Gasteiger partial charge in [0.05, 0.1) is 5.41 Å². The number of likely N-dealkylation sites (tertiary alicyclic amines) is 2. The second kappa shape index (κ2) is 8.99. The monoisotopic (exact) mass is 394 g/mol. The normalized spacial score (nSPS) is 22.3. The van der Waals surface area contributed by atoms with Crippen molar-refractivity contribution in [2.24, 2.45) is 5.41 Å². The summed E-state index contributed by atoms with van der Waals surface area (Å²) in [5.74, 6) is -1.96. The summed E-state index contributed by atoms with van der Waals surface area (Å²) in [6.45, 7) is 4.15. The Balaban J connectivity index is 1.62. The van der Waals surface area contributed by atoms with Crippen LogP contribution < -0.4 is 0 Å². The molecule has 1 aromatic carbocycles. The van der Waals surface area contributed by atoms with Crippen LogP contribution in [0, 0.1) is 17.0 Å². The van der Waals surface area contributed by atoms with Gasteiger partial charge >= 0.3 is 0 Å². The molecular weight excluding hydrogens is 366 g/mol. The third kappa shape index (κ3) is 4.35. The number of ether oxygens (including phenoxy) is 1. The highest BCUT2D eigenvalue weighted by Gasteiger charge is 2.49. The number of hydrogen-bond donors (Lipinski definition) is 0. The Bertz CT molecular complexity index is 728. The zero-order valence-corrected chi connectivity index (χ0v) is 16.4. The number of rotatable bonds is 7. The summed E-state index contributed by atoms with van der Waals surface area (Å²) in [5.41, 5.74) is -0.429. The van der Waals surface area contributed by atoms with Gasteiger partial charge in [-0.3, -0.25) is 9.59 Å². The van der Waals surface area contributed by atoms with Crippen molar-refractivity contribution in [1.82, 2.24) is 9.80 Å². The number of amides is 2. The fourth-order valence-electron chi connectivity index (χ4n) is 4.14. The van der Waals surface area contributed by atoms with Crippen LogP contribution in [0.4, 0.5) is 8.78 Å². The first-order chi connectivity index (χ1) is 13.5.